The van der Waals surface area contributed by atoms with Gasteiger partial charge in [-0.1, -0.05) is 44.2 Å². The third-order valence-electron chi connectivity index (χ3n) is 4.15. The number of rotatable bonds is 3. The summed E-state index contributed by atoms with van der Waals surface area (Å²) in [6.45, 7) is 5.73. The summed E-state index contributed by atoms with van der Waals surface area (Å²) in [6, 6.07) is 10.1. The van der Waals surface area contributed by atoms with Gasteiger partial charge < -0.3 is 15.1 Å². The van der Waals surface area contributed by atoms with Crippen molar-refractivity contribution in [2.24, 2.45) is 5.92 Å². The Labute approximate surface area is 139 Å². The van der Waals surface area contributed by atoms with Gasteiger partial charge in [-0.15, -0.1) is 12.4 Å². The van der Waals surface area contributed by atoms with E-state index in [0.29, 0.717) is 5.92 Å². The van der Waals surface area contributed by atoms with Gasteiger partial charge in [-0.25, -0.2) is 0 Å². The Hall–Kier alpha value is -1.10. The molecule has 1 aromatic carbocycles. The zero-order valence-corrected chi connectivity index (χ0v) is 14.5. The molecule has 1 heterocycles. The van der Waals surface area contributed by atoms with Gasteiger partial charge >= 0.3 is 5.97 Å². The number of carbonyl (C=O) groups is 1. The number of aliphatic carboxylic acids is 1. The molecule has 4 nitrogen and oxygen atoms in total. The molecule has 2 atom stereocenters. The van der Waals surface area contributed by atoms with E-state index >= 15 is 0 Å². The number of likely N-dealkylation sites (tertiary alicyclic amines) is 1. The zero-order valence-electron chi connectivity index (χ0n) is 13.7. The van der Waals surface area contributed by atoms with Gasteiger partial charge in [-0.3, -0.25) is 4.79 Å². The molecule has 2 rings (SSSR count). The van der Waals surface area contributed by atoms with Crippen molar-refractivity contribution in [2.45, 2.75) is 38.7 Å². The average molecular weight is 330 g/mol. The van der Waals surface area contributed by atoms with Crippen molar-refractivity contribution in [3.63, 3.8) is 0 Å². The number of benzene rings is 1. The van der Waals surface area contributed by atoms with Gasteiger partial charge in [0, 0.05) is 25.4 Å². The summed E-state index contributed by atoms with van der Waals surface area (Å²) in [5.74, 6) is -0.404. The van der Waals surface area contributed by atoms with Gasteiger partial charge in [-0.2, -0.15) is 0 Å². The number of aliphatic hydroxyl groups is 1. The number of nitrogens with zero attached hydrogens (tertiary/aromatic N) is 1. The monoisotopic (exact) mass is 329 g/mol. The first kappa shape index (κ1) is 20.9. The minimum atomic E-state index is -0.745. The molecule has 1 fully saturated rings. The molecule has 0 aliphatic carbocycles. The lowest BCUT2D eigenvalue weighted by Crippen LogP contribution is -2.48. The summed E-state index contributed by atoms with van der Waals surface area (Å²) >= 11 is 0. The molecule has 22 heavy (non-hydrogen) atoms. The normalized spacial score (nSPS) is 24.6. The highest BCUT2D eigenvalue weighted by Gasteiger charge is 2.40. The Kier molecular flexibility index (Phi) is 9.33. The van der Waals surface area contributed by atoms with Crippen LogP contribution >= 0.6 is 12.4 Å². The van der Waals surface area contributed by atoms with E-state index in [-0.39, 0.29) is 18.8 Å². The van der Waals surface area contributed by atoms with E-state index in [9.17, 15) is 9.90 Å². The molecular weight excluding hydrogens is 302 g/mol. The van der Waals surface area contributed by atoms with Gasteiger partial charge in [0.25, 0.3) is 0 Å². The lowest BCUT2D eigenvalue weighted by atomic mass is 9.75. The van der Waals surface area contributed by atoms with Crippen LogP contribution < -0.4 is 0 Å². The van der Waals surface area contributed by atoms with Crippen LogP contribution in [0.3, 0.4) is 0 Å². The van der Waals surface area contributed by atoms with Crippen LogP contribution in [0.5, 0.6) is 0 Å². The second-order valence-corrected chi connectivity index (χ2v) is 5.65. The predicted octanol–water partition coefficient (Wildman–Crippen LogP) is 3.14. The maximum absolute atomic E-state index is 10.9. The molecule has 0 radical (unpaired) electrons. The van der Waals surface area contributed by atoms with Crippen LogP contribution in [0.2, 0.25) is 0 Å². The minimum Gasteiger partial charge on any atom is -0.481 e. The second-order valence-electron chi connectivity index (χ2n) is 5.65. The number of halogens is 1. The van der Waals surface area contributed by atoms with E-state index < -0.39 is 11.6 Å². The molecule has 1 aromatic rings. The van der Waals surface area contributed by atoms with Crippen molar-refractivity contribution in [1.29, 1.82) is 0 Å². The van der Waals surface area contributed by atoms with Gasteiger partial charge in [0.2, 0.25) is 0 Å². The van der Waals surface area contributed by atoms with Crippen molar-refractivity contribution >= 4 is 18.4 Å². The predicted molar refractivity (Wildman–Crippen MR) is 91.4 cm³/mol. The van der Waals surface area contributed by atoms with Crippen molar-refractivity contribution in [3.8, 4) is 0 Å². The van der Waals surface area contributed by atoms with Crippen LogP contribution in [0.15, 0.2) is 30.3 Å². The molecule has 1 saturated heterocycles. The van der Waals surface area contributed by atoms with Crippen LogP contribution in [0.4, 0.5) is 0 Å². The van der Waals surface area contributed by atoms with Crippen molar-refractivity contribution in [3.05, 3.63) is 35.9 Å². The number of piperidine rings is 1. The molecule has 0 amide bonds. The van der Waals surface area contributed by atoms with Crippen molar-refractivity contribution in [2.75, 3.05) is 20.1 Å². The number of carboxylic acid groups (broad SMARTS) is 1. The highest BCUT2D eigenvalue weighted by molar-refractivity contribution is 5.85. The molecular formula is C17H28ClNO3. The van der Waals surface area contributed by atoms with E-state index in [1.165, 1.54) is 0 Å². The summed E-state index contributed by atoms with van der Waals surface area (Å²) < 4.78 is 0. The SMILES string of the molecule is CCC(=O)O.CCC1CN(C)CCC1(O)c1ccccc1.Cl. The van der Waals surface area contributed by atoms with Crippen molar-refractivity contribution < 1.29 is 15.0 Å². The third kappa shape index (κ3) is 5.59. The van der Waals surface area contributed by atoms with Gasteiger partial charge in [0.1, 0.15) is 0 Å². The van der Waals surface area contributed by atoms with E-state index in [0.717, 1.165) is 31.5 Å². The standard InChI is InChI=1S/C14H21NO.C3H6O2.ClH/c1-3-12-11-15(2)10-9-14(12,16)13-7-5-4-6-8-13;1-2-3(4)5;/h4-8,12,16H,3,9-11H2,1-2H3;2H2,1H3,(H,4,5);1H. The number of carboxylic acids is 1. The van der Waals surface area contributed by atoms with Gasteiger partial charge in [0.15, 0.2) is 0 Å². The van der Waals surface area contributed by atoms with Crippen molar-refractivity contribution in [1.82, 2.24) is 4.90 Å². The van der Waals surface area contributed by atoms with Gasteiger partial charge in [-0.05, 0) is 25.5 Å². The number of hydrogen-bond donors (Lipinski definition) is 2. The molecule has 2 unspecified atom stereocenters. The molecule has 0 spiro atoms. The molecule has 1 aliphatic rings. The van der Waals surface area contributed by atoms with E-state index in [1.807, 2.05) is 30.3 Å². The van der Waals surface area contributed by atoms with E-state index in [1.54, 1.807) is 6.92 Å². The highest BCUT2D eigenvalue weighted by atomic mass is 35.5. The Balaban J connectivity index is 0.000000644. The Bertz CT molecular complexity index is 441. The van der Waals surface area contributed by atoms with Crippen LogP contribution in [0, 0.1) is 5.92 Å². The maximum Gasteiger partial charge on any atom is 0.303 e. The second kappa shape index (κ2) is 9.82. The summed E-state index contributed by atoms with van der Waals surface area (Å²) in [6.07, 6.45) is 2.09. The topological polar surface area (TPSA) is 60.8 Å². The summed E-state index contributed by atoms with van der Waals surface area (Å²) in [5, 5.41) is 18.6. The smallest absolute Gasteiger partial charge is 0.303 e. The first-order valence-corrected chi connectivity index (χ1v) is 7.62. The average Bonchev–Trinajstić information content (AvgIpc) is 2.51. The molecule has 2 N–H and O–H groups in total. The summed E-state index contributed by atoms with van der Waals surface area (Å²) in [7, 11) is 2.13. The first-order chi connectivity index (χ1) is 9.93. The lowest BCUT2D eigenvalue weighted by molar-refractivity contribution is -0.136. The molecule has 0 bridgehead atoms. The third-order valence-corrected chi connectivity index (χ3v) is 4.15. The number of hydrogen-bond acceptors (Lipinski definition) is 3. The molecule has 0 saturated carbocycles. The maximum atomic E-state index is 10.9. The Morgan fingerprint density at radius 1 is 1.32 bits per heavy atom. The fourth-order valence-electron chi connectivity index (χ4n) is 2.76. The largest absolute Gasteiger partial charge is 0.481 e. The first-order valence-electron chi connectivity index (χ1n) is 7.62. The van der Waals surface area contributed by atoms with Crippen LogP contribution in [0.1, 0.15) is 38.7 Å². The summed E-state index contributed by atoms with van der Waals surface area (Å²) in [4.78, 5) is 11.7. The fraction of sp³-hybridized carbons (Fsp3) is 0.588. The Morgan fingerprint density at radius 3 is 2.32 bits per heavy atom. The van der Waals surface area contributed by atoms with E-state index in [2.05, 4.69) is 18.9 Å². The van der Waals surface area contributed by atoms with Crippen LogP contribution in [-0.4, -0.2) is 41.2 Å². The van der Waals surface area contributed by atoms with Crippen LogP contribution in [0.25, 0.3) is 0 Å². The quantitative estimate of drug-likeness (QED) is 0.894. The minimum absolute atomic E-state index is 0. The zero-order chi connectivity index (χ0) is 15.9. The fourth-order valence-corrected chi connectivity index (χ4v) is 2.76. The molecule has 0 aromatic heterocycles. The van der Waals surface area contributed by atoms with Crippen LogP contribution in [-0.2, 0) is 10.4 Å². The Morgan fingerprint density at radius 2 is 1.86 bits per heavy atom. The summed E-state index contributed by atoms with van der Waals surface area (Å²) in [5.41, 5.74) is 0.456. The molecule has 5 heteroatoms. The molecule has 126 valence electrons. The lowest BCUT2D eigenvalue weighted by Gasteiger charge is -2.43. The van der Waals surface area contributed by atoms with Gasteiger partial charge in [0.05, 0.1) is 5.60 Å². The highest BCUT2D eigenvalue weighted by Crippen LogP contribution is 2.38. The molecule has 1 aliphatic heterocycles. The van der Waals surface area contributed by atoms with E-state index in [4.69, 9.17) is 5.11 Å².